The van der Waals surface area contributed by atoms with Gasteiger partial charge in [0.15, 0.2) is 0 Å². The van der Waals surface area contributed by atoms with Gasteiger partial charge in [-0.25, -0.2) is 0 Å². The van der Waals surface area contributed by atoms with Crippen molar-refractivity contribution >= 4 is 15.9 Å². The molecule has 0 unspecified atom stereocenters. The van der Waals surface area contributed by atoms with Gasteiger partial charge in [-0.3, -0.25) is 0 Å². The average molecular weight is 255 g/mol. The Morgan fingerprint density at radius 1 is 1.31 bits per heavy atom. The number of alkyl halides is 3. The van der Waals surface area contributed by atoms with E-state index in [0.717, 1.165) is 6.07 Å². The van der Waals surface area contributed by atoms with E-state index in [4.69, 9.17) is 5.11 Å². The maximum atomic E-state index is 12.3. The molecule has 0 atom stereocenters. The number of phenols is 1. The zero-order chi connectivity index (χ0) is 10.2. The first-order valence-corrected chi connectivity index (χ1v) is 4.18. The smallest absolute Gasteiger partial charge is 0.416 e. The van der Waals surface area contributed by atoms with E-state index in [2.05, 4.69) is 15.9 Å². The van der Waals surface area contributed by atoms with Crippen molar-refractivity contribution in [1.82, 2.24) is 0 Å². The van der Waals surface area contributed by atoms with Crippen LogP contribution in [0.15, 0.2) is 16.6 Å². The minimum atomic E-state index is -4.43. The lowest BCUT2D eigenvalue weighted by molar-refractivity contribution is -0.138. The molecule has 1 N–H and O–H groups in total. The lowest BCUT2D eigenvalue weighted by Crippen LogP contribution is -2.07. The first-order valence-electron chi connectivity index (χ1n) is 3.38. The van der Waals surface area contributed by atoms with Crippen LogP contribution in [0.4, 0.5) is 13.2 Å². The summed E-state index contributed by atoms with van der Waals surface area (Å²) in [6, 6.07) is 2.17. The van der Waals surface area contributed by atoms with Crippen LogP contribution in [-0.2, 0) is 6.18 Å². The minimum absolute atomic E-state index is 0.157. The Morgan fingerprint density at radius 3 is 2.31 bits per heavy atom. The molecule has 0 heterocycles. The van der Waals surface area contributed by atoms with E-state index in [0.29, 0.717) is 0 Å². The Labute approximate surface area is 81.3 Å². The second-order valence-electron chi connectivity index (χ2n) is 2.60. The highest BCUT2D eigenvalue weighted by molar-refractivity contribution is 9.10. The topological polar surface area (TPSA) is 20.2 Å². The lowest BCUT2D eigenvalue weighted by Gasteiger charge is -2.11. The third-order valence-electron chi connectivity index (χ3n) is 1.65. The number of hydrogen-bond donors (Lipinski definition) is 1. The van der Waals surface area contributed by atoms with Crippen LogP contribution in [0.3, 0.4) is 0 Å². The van der Waals surface area contributed by atoms with Crippen LogP contribution in [0, 0.1) is 6.92 Å². The molecule has 0 bridgehead atoms. The van der Waals surface area contributed by atoms with Crippen molar-refractivity contribution in [2.75, 3.05) is 0 Å². The molecule has 72 valence electrons. The van der Waals surface area contributed by atoms with Crippen molar-refractivity contribution < 1.29 is 18.3 Å². The number of halogens is 4. The van der Waals surface area contributed by atoms with Gasteiger partial charge in [-0.2, -0.15) is 13.2 Å². The Kier molecular flexibility index (Phi) is 2.56. The molecule has 0 aliphatic heterocycles. The lowest BCUT2D eigenvalue weighted by atomic mass is 10.1. The van der Waals surface area contributed by atoms with Crippen molar-refractivity contribution in [2.45, 2.75) is 13.1 Å². The Bertz CT molecular complexity index is 333. The molecule has 0 aliphatic carbocycles. The minimum Gasteiger partial charge on any atom is -0.508 e. The van der Waals surface area contributed by atoms with Crippen LogP contribution in [0.2, 0.25) is 0 Å². The maximum Gasteiger partial charge on any atom is 0.416 e. The zero-order valence-corrected chi connectivity index (χ0v) is 8.20. The standard InChI is InChI=1S/C8H6BrF3O/c1-4-6(8(10,11)12)2-5(9)3-7(4)13/h2-3,13H,1H3. The summed E-state index contributed by atoms with van der Waals surface area (Å²) < 4.78 is 37.0. The van der Waals surface area contributed by atoms with E-state index in [1.54, 1.807) is 0 Å². The summed E-state index contributed by atoms with van der Waals surface area (Å²) in [5, 5.41) is 9.11. The molecule has 1 nitrogen and oxygen atoms in total. The van der Waals surface area contributed by atoms with E-state index in [1.165, 1.54) is 13.0 Å². The fourth-order valence-corrected chi connectivity index (χ4v) is 1.40. The summed E-state index contributed by atoms with van der Waals surface area (Å²) in [7, 11) is 0. The first-order chi connectivity index (χ1) is 5.82. The SMILES string of the molecule is Cc1c(O)cc(Br)cc1C(F)(F)F. The predicted molar refractivity (Wildman–Crippen MR) is 45.5 cm³/mol. The molecule has 1 aromatic rings. The van der Waals surface area contributed by atoms with Gasteiger partial charge in [0.1, 0.15) is 5.75 Å². The van der Waals surface area contributed by atoms with E-state index >= 15 is 0 Å². The summed E-state index contributed by atoms with van der Waals surface area (Å²) in [6.07, 6.45) is -4.43. The Morgan fingerprint density at radius 2 is 1.85 bits per heavy atom. The molecule has 0 spiro atoms. The van der Waals surface area contributed by atoms with Gasteiger partial charge in [0.05, 0.1) is 5.56 Å². The molecule has 1 rings (SSSR count). The highest BCUT2D eigenvalue weighted by Gasteiger charge is 2.33. The Balaban J connectivity index is 3.37. The first kappa shape index (κ1) is 10.4. The Hall–Kier alpha value is -0.710. The fraction of sp³-hybridized carbons (Fsp3) is 0.250. The average Bonchev–Trinajstić information content (AvgIpc) is 1.94. The van der Waals surface area contributed by atoms with E-state index < -0.39 is 11.7 Å². The highest BCUT2D eigenvalue weighted by atomic mass is 79.9. The van der Waals surface area contributed by atoms with Crippen molar-refractivity contribution in [3.05, 3.63) is 27.7 Å². The van der Waals surface area contributed by atoms with Crippen LogP contribution in [0.5, 0.6) is 5.75 Å². The summed E-state index contributed by atoms with van der Waals surface area (Å²) in [4.78, 5) is 0. The molecule has 0 fully saturated rings. The molecule has 0 aliphatic rings. The van der Waals surface area contributed by atoms with Gasteiger partial charge in [0.25, 0.3) is 0 Å². The number of rotatable bonds is 0. The monoisotopic (exact) mass is 254 g/mol. The van der Waals surface area contributed by atoms with E-state index in [9.17, 15) is 13.2 Å². The molecular formula is C8H6BrF3O. The van der Waals surface area contributed by atoms with Crippen LogP contribution < -0.4 is 0 Å². The van der Waals surface area contributed by atoms with Crippen molar-refractivity contribution in [2.24, 2.45) is 0 Å². The number of phenolic OH excluding ortho intramolecular Hbond substituents is 1. The summed E-state index contributed by atoms with van der Waals surface area (Å²) in [6.45, 7) is 1.23. The molecule has 0 radical (unpaired) electrons. The molecule has 0 amide bonds. The second-order valence-corrected chi connectivity index (χ2v) is 3.51. The molecule has 0 saturated heterocycles. The quantitative estimate of drug-likeness (QED) is 0.752. The van der Waals surface area contributed by atoms with Gasteiger partial charge in [-0.1, -0.05) is 15.9 Å². The van der Waals surface area contributed by atoms with Crippen molar-refractivity contribution in [1.29, 1.82) is 0 Å². The largest absolute Gasteiger partial charge is 0.508 e. The highest BCUT2D eigenvalue weighted by Crippen LogP contribution is 2.37. The number of benzene rings is 1. The third-order valence-corrected chi connectivity index (χ3v) is 2.11. The van der Waals surface area contributed by atoms with Gasteiger partial charge in [0.2, 0.25) is 0 Å². The molecule has 0 aromatic heterocycles. The normalized spacial score (nSPS) is 11.8. The van der Waals surface area contributed by atoms with Gasteiger partial charge in [0, 0.05) is 10.0 Å². The van der Waals surface area contributed by atoms with Gasteiger partial charge < -0.3 is 5.11 Å². The summed E-state index contributed by atoms with van der Waals surface area (Å²) in [5.74, 6) is -0.360. The van der Waals surface area contributed by atoms with Crippen molar-refractivity contribution in [3.63, 3.8) is 0 Å². The van der Waals surface area contributed by atoms with Gasteiger partial charge in [-0.15, -0.1) is 0 Å². The van der Waals surface area contributed by atoms with Crippen LogP contribution in [-0.4, -0.2) is 5.11 Å². The van der Waals surface area contributed by atoms with Gasteiger partial charge >= 0.3 is 6.18 Å². The van der Waals surface area contributed by atoms with E-state index in [1.807, 2.05) is 0 Å². The zero-order valence-electron chi connectivity index (χ0n) is 6.61. The van der Waals surface area contributed by atoms with Crippen LogP contribution in [0.1, 0.15) is 11.1 Å². The molecule has 13 heavy (non-hydrogen) atoms. The summed E-state index contributed by atoms with van der Waals surface area (Å²) in [5.41, 5.74) is -0.977. The number of aromatic hydroxyl groups is 1. The maximum absolute atomic E-state index is 12.3. The molecule has 1 aromatic carbocycles. The van der Waals surface area contributed by atoms with E-state index in [-0.39, 0.29) is 15.8 Å². The predicted octanol–water partition coefficient (Wildman–Crippen LogP) is 3.48. The molecule has 5 heteroatoms. The summed E-state index contributed by atoms with van der Waals surface area (Å²) >= 11 is 2.88. The molecular weight excluding hydrogens is 249 g/mol. The number of hydrogen-bond acceptors (Lipinski definition) is 1. The van der Waals surface area contributed by atoms with Crippen LogP contribution >= 0.6 is 15.9 Å². The second kappa shape index (κ2) is 3.21. The fourth-order valence-electron chi connectivity index (χ4n) is 0.959. The third kappa shape index (κ3) is 2.15. The van der Waals surface area contributed by atoms with Crippen molar-refractivity contribution in [3.8, 4) is 5.75 Å². The molecule has 0 saturated carbocycles. The van der Waals surface area contributed by atoms with Crippen LogP contribution in [0.25, 0.3) is 0 Å². The van der Waals surface area contributed by atoms with Gasteiger partial charge in [-0.05, 0) is 19.1 Å².